The second kappa shape index (κ2) is 17.6. The number of aromatic nitrogens is 1. The summed E-state index contributed by atoms with van der Waals surface area (Å²) in [6, 6.07) is 33.5. The number of nitrogens with one attached hydrogen (secondary N) is 2. The Hall–Kier alpha value is -5.55. The van der Waals surface area contributed by atoms with E-state index in [4.69, 9.17) is 42.1 Å². The molecule has 0 aliphatic heterocycles. The number of anilines is 2. The van der Waals surface area contributed by atoms with Crippen LogP contribution in [0, 0.1) is 0 Å². The Kier molecular flexibility index (Phi) is 12.3. The van der Waals surface area contributed by atoms with E-state index in [0.29, 0.717) is 57.4 Å². The first-order valence-electron chi connectivity index (χ1n) is 16.2. The summed E-state index contributed by atoms with van der Waals surface area (Å²) in [5.74, 6) is 1.69. The maximum absolute atomic E-state index is 12.8. The van der Waals surface area contributed by atoms with Crippen LogP contribution in [0.1, 0.15) is 34.0 Å². The predicted octanol–water partition coefficient (Wildman–Crippen LogP) is 10.2. The van der Waals surface area contributed by atoms with Crippen molar-refractivity contribution in [3.05, 3.63) is 147 Å². The Bertz CT molecular complexity index is 2140. The quantitative estimate of drug-likeness (QED) is 0.0795. The lowest BCUT2D eigenvalue weighted by Gasteiger charge is -2.16. The Labute approximate surface area is 315 Å². The Morgan fingerprint density at radius 3 is 2.35 bits per heavy atom. The maximum atomic E-state index is 12.8. The van der Waals surface area contributed by atoms with E-state index in [-0.39, 0.29) is 12.5 Å². The Morgan fingerprint density at radius 1 is 0.827 bits per heavy atom. The third kappa shape index (κ3) is 9.61. The molecule has 1 amide bonds. The highest BCUT2D eigenvalue weighted by Gasteiger charge is 2.14. The number of carbonyl (C=O) groups excluding carboxylic acids is 1. The normalized spacial score (nSPS) is 10.9. The van der Waals surface area contributed by atoms with Crippen molar-refractivity contribution in [3.8, 4) is 34.3 Å². The number of carbonyl (C=O) groups is 1. The van der Waals surface area contributed by atoms with E-state index in [1.54, 1.807) is 24.3 Å². The van der Waals surface area contributed by atoms with Gasteiger partial charge in [0, 0.05) is 27.2 Å². The molecule has 9 nitrogen and oxygen atoms in total. The standard InChI is InChI=1S/C40H34Cl2N4O5S/c1-3-49-36-20-27(9-18-35(36)50-23-26-7-5-4-6-8-26)24-51-38-33(42)19-28(21-37(38)48-2)22-43-46-39(47)30-12-10-29(11-13-30)34-25-52-40(45-34)44-32-16-14-31(41)15-17-32/h4-22,25H,3,23-24H2,1-2H3,(H,44,45)(H,46,47)/b43-22-. The van der Waals surface area contributed by atoms with Crippen molar-refractivity contribution in [2.45, 2.75) is 20.1 Å². The lowest BCUT2D eigenvalue weighted by molar-refractivity contribution is 0.0955. The molecule has 0 atom stereocenters. The van der Waals surface area contributed by atoms with Crippen LogP contribution in [0.4, 0.5) is 10.8 Å². The van der Waals surface area contributed by atoms with Gasteiger partial charge in [-0.1, -0.05) is 71.7 Å². The van der Waals surface area contributed by atoms with E-state index in [1.807, 2.05) is 97.2 Å². The van der Waals surface area contributed by atoms with Crippen LogP contribution in [0.15, 0.2) is 120 Å². The molecule has 0 aliphatic carbocycles. The van der Waals surface area contributed by atoms with Crippen molar-refractivity contribution in [3.63, 3.8) is 0 Å². The number of thiazole rings is 1. The average Bonchev–Trinajstić information content (AvgIpc) is 3.63. The lowest BCUT2D eigenvalue weighted by atomic mass is 10.1. The molecule has 264 valence electrons. The molecule has 0 saturated heterocycles. The smallest absolute Gasteiger partial charge is 0.271 e. The summed E-state index contributed by atoms with van der Waals surface area (Å²) < 4.78 is 23.5. The highest BCUT2D eigenvalue weighted by molar-refractivity contribution is 7.14. The molecular formula is C40H34Cl2N4O5S. The number of benzene rings is 5. The second-order valence-corrected chi connectivity index (χ2v) is 13.0. The van der Waals surface area contributed by atoms with Crippen molar-refractivity contribution >= 4 is 57.5 Å². The predicted molar refractivity (Wildman–Crippen MR) is 208 cm³/mol. The van der Waals surface area contributed by atoms with Gasteiger partial charge in [0.05, 0.1) is 30.6 Å². The molecule has 1 aromatic heterocycles. The van der Waals surface area contributed by atoms with E-state index in [0.717, 1.165) is 33.2 Å². The summed E-state index contributed by atoms with van der Waals surface area (Å²) in [4.78, 5) is 17.5. The first kappa shape index (κ1) is 36.2. The number of nitrogens with zero attached hydrogens (tertiary/aromatic N) is 2. The van der Waals surface area contributed by atoms with Crippen molar-refractivity contribution < 1.29 is 23.7 Å². The van der Waals surface area contributed by atoms with E-state index >= 15 is 0 Å². The van der Waals surface area contributed by atoms with E-state index in [2.05, 4.69) is 20.8 Å². The SMILES string of the molecule is CCOc1cc(COc2c(Cl)cc(/C=N\NC(=O)c3ccc(-c4csc(Nc5ccc(Cl)cc5)n4)cc3)cc2OC)ccc1OCc1ccccc1. The summed E-state index contributed by atoms with van der Waals surface area (Å²) in [6.45, 7) is 3.04. The minimum absolute atomic E-state index is 0.210. The van der Waals surface area contributed by atoms with Gasteiger partial charge in [-0.2, -0.15) is 5.10 Å². The van der Waals surface area contributed by atoms with Crippen LogP contribution in [0.2, 0.25) is 10.0 Å². The third-order valence-corrected chi connectivity index (χ3v) is 8.89. The molecule has 0 radical (unpaired) electrons. The van der Waals surface area contributed by atoms with Crippen LogP contribution < -0.4 is 29.7 Å². The van der Waals surface area contributed by atoms with Crippen molar-refractivity contribution in [2.75, 3.05) is 19.0 Å². The van der Waals surface area contributed by atoms with Crippen molar-refractivity contribution in [2.24, 2.45) is 5.10 Å². The first-order chi connectivity index (χ1) is 25.4. The molecule has 5 aromatic carbocycles. The topological polar surface area (TPSA) is 103 Å². The molecule has 1 heterocycles. The largest absolute Gasteiger partial charge is 0.493 e. The summed E-state index contributed by atoms with van der Waals surface area (Å²) in [6.07, 6.45) is 1.48. The number of hydrazone groups is 1. The van der Waals surface area contributed by atoms with Gasteiger partial charge in [0.25, 0.3) is 5.91 Å². The van der Waals surface area contributed by atoms with E-state index in [9.17, 15) is 4.79 Å². The minimum Gasteiger partial charge on any atom is -0.493 e. The molecule has 0 aliphatic rings. The molecule has 52 heavy (non-hydrogen) atoms. The van der Waals surface area contributed by atoms with Gasteiger partial charge >= 0.3 is 0 Å². The number of hydrogen-bond donors (Lipinski definition) is 2. The van der Waals surface area contributed by atoms with Crippen molar-refractivity contribution in [1.82, 2.24) is 10.4 Å². The molecule has 12 heteroatoms. The van der Waals surface area contributed by atoms with Gasteiger partial charge < -0.3 is 24.3 Å². The van der Waals surface area contributed by atoms with Gasteiger partial charge in [0.2, 0.25) is 0 Å². The Balaban J connectivity index is 1.04. The number of methoxy groups -OCH3 is 1. The van der Waals surface area contributed by atoms with Crippen LogP contribution in [-0.2, 0) is 13.2 Å². The van der Waals surface area contributed by atoms with Crippen LogP contribution in [0.3, 0.4) is 0 Å². The number of halogens is 2. The van der Waals surface area contributed by atoms with Crippen molar-refractivity contribution in [1.29, 1.82) is 0 Å². The van der Waals surface area contributed by atoms with Crippen LogP contribution in [-0.4, -0.2) is 30.8 Å². The van der Waals surface area contributed by atoms with Gasteiger partial charge in [-0.15, -0.1) is 11.3 Å². The van der Waals surface area contributed by atoms with Gasteiger partial charge in [-0.05, 0) is 84.3 Å². The fraction of sp³-hybridized carbons (Fsp3) is 0.125. The average molecular weight is 754 g/mol. The Morgan fingerprint density at radius 2 is 1.60 bits per heavy atom. The highest BCUT2D eigenvalue weighted by Crippen LogP contribution is 2.37. The number of ether oxygens (including phenoxy) is 4. The zero-order valence-electron chi connectivity index (χ0n) is 28.3. The summed E-state index contributed by atoms with van der Waals surface area (Å²) in [5.41, 5.74) is 8.09. The molecule has 0 saturated carbocycles. The molecule has 0 unspecified atom stereocenters. The zero-order chi connectivity index (χ0) is 36.3. The molecule has 2 N–H and O–H groups in total. The van der Waals surface area contributed by atoms with Crippen LogP contribution >= 0.6 is 34.5 Å². The van der Waals surface area contributed by atoms with E-state index < -0.39 is 0 Å². The molecule has 6 aromatic rings. The minimum atomic E-state index is -0.368. The van der Waals surface area contributed by atoms with Crippen LogP contribution in [0.25, 0.3) is 11.3 Å². The molecular weight excluding hydrogens is 719 g/mol. The molecule has 0 bridgehead atoms. The summed E-state index contributed by atoms with van der Waals surface area (Å²) >= 11 is 14.1. The molecule has 0 fully saturated rings. The molecule has 0 spiro atoms. The highest BCUT2D eigenvalue weighted by atomic mass is 35.5. The van der Waals surface area contributed by atoms with Gasteiger partial charge in [0.1, 0.15) is 13.2 Å². The van der Waals surface area contributed by atoms with Gasteiger partial charge in [-0.25, -0.2) is 10.4 Å². The summed E-state index contributed by atoms with van der Waals surface area (Å²) in [7, 11) is 1.53. The van der Waals surface area contributed by atoms with Crippen LogP contribution in [0.5, 0.6) is 23.0 Å². The summed E-state index contributed by atoms with van der Waals surface area (Å²) in [5, 5.41) is 11.1. The lowest BCUT2D eigenvalue weighted by Crippen LogP contribution is -2.17. The van der Waals surface area contributed by atoms with Gasteiger partial charge in [0.15, 0.2) is 28.1 Å². The number of hydrogen-bond acceptors (Lipinski definition) is 9. The monoisotopic (exact) mass is 752 g/mol. The zero-order valence-corrected chi connectivity index (χ0v) is 30.6. The second-order valence-electron chi connectivity index (χ2n) is 11.3. The number of rotatable bonds is 15. The maximum Gasteiger partial charge on any atom is 0.271 e. The fourth-order valence-electron chi connectivity index (χ4n) is 5.02. The third-order valence-electron chi connectivity index (χ3n) is 7.60. The molecule has 6 rings (SSSR count). The number of amides is 1. The first-order valence-corrected chi connectivity index (χ1v) is 17.9. The fourth-order valence-corrected chi connectivity index (χ4v) is 6.16. The van der Waals surface area contributed by atoms with E-state index in [1.165, 1.54) is 24.7 Å². The van der Waals surface area contributed by atoms with Gasteiger partial charge in [-0.3, -0.25) is 4.79 Å².